The van der Waals surface area contributed by atoms with E-state index in [0.717, 1.165) is 28.7 Å². The van der Waals surface area contributed by atoms with E-state index >= 15 is 0 Å². The van der Waals surface area contributed by atoms with Crippen LogP contribution in [-0.4, -0.2) is 56.1 Å². The second-order valence-electron chi connectivity index (χ2n) is 9.93. The molecule has 6 rings (SSSR count). The lowest BCUT2D eigenvalue weighted by atomic mass is 10.1. The van der Waals surface area contributed by atoms with Gasteiger partial charge in [0.15, 0.2) is 11.5 Å². The van der Waals surface area contributed by atoms with Crippen molar-refractivity contribution in [2.45, 2.75) is 36.9 Å². The van der Waals surface area contributed by atoms with Crippen LogP contribution in [-0.2, 0) is 32.6 Å². The van der Waals surface area contributed by atoms with Crippen molar-refractivity contribution in [3.63, 3.8) is 0 Å². The maximum Gasteiger partial charge on any atom is 0.244 e. The largest absolute Gasteiger partial charge is 0.454 e. The molecule has 0 bridgehead atoms. The molecular weight excluding hydrogens is 548 g/mol. The first-order valence-corrected chi connectivity index (χ1v) is 15.6. The van der Waals surface area contributed by atoms with Crippen LogP contribution in [0, 0.1) is 0 Å². The van der Waals surface area contributed by atoms with Crippen LogP contribution in [0.3, 0.4) is 0 Å². The average molecular weight is 579 g/mol. The lowest BCUT2D eigenvalue weighted by molar-refractivity contribution is -0.132. The predicted octanol–water partition coefficient (Wildman–Crippen LogP) is 5.03. The van der Waals surface area contributed by atoms with Crippen LogP contribution in [0.4, 0.5) is 0 Å². The summed E-state index contributed by atoms with van der Waals surface area (Å²) in [7, 11) is -4.01. The average Bonchev–Trinajstić information content (AvgIpc) is 3.75. The number of carbonyl (C=O) groups excluding carboxylic acids is 1. The molecule has 3 heterocycles. The monoisotopic (exact) mass is 578 g/mol. The van der Waals surface area contributed by atoms with Gasteiger partial charge in [0, 0.05) is 30.0 Å². The highest BCUT2D eigenvalue weighted by Crippen LogP contribution is 2.33. The van der Waals surface area contributed by atoms with Crippen LogP contribution in [0.5, 0.6) is 11.5 Å². The number of hydrogen-bond donors (Lipinski definition) is 0. The van der Waals surface area contributed by atoms with Crippen LogP contribution in [0.25, 0.3) is 10.8 Å². The number of carbonyl (C=O) groups is 1. The van der Waals surface area contributed by atoms with Crippen LogP contribution >= 0.6 is 11.3 Å². The summed E-state index contributed by atoms with van der Waals surface area (Å²) in [5, 5.41) is 3.42. The molecular formula is C30H30N2O6S2. The Hall–Kier alpha value is -3.44. The summed E-state index contributed by atoms with van der Waals surface area (Å²) < 4.78 is 46.4. The van der Waals surface area contributed by atoms with Gasteiger partial charge in [-0.3, -0.25) is 4.79 Å². The third-order valence-corrected chi connectivity index (χ3v) is 9.93. The minimum absolute atomic E-state index is 0.119. The van der Waals surface area contributed by atoms with E-state index in [2.05, 4.69) is 0 Å². The second-order valence-corrected chi connectivity index (χ2v) is 12.9. The number of benzene rings is 3. The molecule has 1 fully saturated rings. The number of hydrogen-bond acceptors (Lipinski definition) is 7. The molecule has 0 radical (unpaired) electrons. The molecule has 4 aromatic rings. The van der Waals surface area contributed by atoms with Crippen molar-refractivity contribution >= 4 is 38.0 Å². The molecule has 40 heavy (non-hydrogen) atoms. The first-order valence-electron chi connectivity index (χ1n) is 13.3. The first kappa shape index (κ1) is 26.8. The SMILES string of the molecule is O=C(CN(CC1CCCO1)S(=O)(=O)c1cccc2ccccc12)N(Cc1ccc2c(c1)OCO2)Cc1cccs1. The number of amides is 1. The Morgan fingerprint density at radius 2 is 1.80 bits per heavy atom. The zero-order valence-electron chi connectivity index (χ0n) is 21.9. The fraction of sp³-hybridized carbons (Fsp3) is 0.300. The van der Waals surface area contributed by atoms with Gasteiger partial charge in [0.1, 0.15) is 0 Å². The highest BCUT2D eigenvalue weighted by molar-refractivity contribution is 7.89. The number of rotatable bonds is 10. The molecule has 0 spiro atoms. The van der Waals surface area contributed by atoms with E-state index < -0.39 is 10.0 Å². The quantitative estimate of drug-likeness (QED) is 0.263. The Morgan fingerprint density at radius 1 is 0.950 bits per heavy atom. The maximum atomic E-state index is 14.2. The van der Waals surface area contributed by atoms with Crippen LogP contribution in [0.15, 0.2) is 83.1 Å². The number of ether oxygens (including phenoxy) is 3. The van der Waals surface area contributed by atoms with E-state index in [-0.39, 0.29) is 36.8 Å². The van der Waals surface area contributed by atoms with E-state index in [1.807, 2.05) is 60.0 Å². The van der Waals surface area contributed by atoms with E-state index in [1.54, 1.807) is 34.4 Å². The summed E-state index contributed by atoms with van der Waals surface area (Å²) in [6.45, 7) is 1.26. The number of sulfonamides is 1. The Bertz CT molecular complexity index is 1590. The van der Waals surface area contributed by atoms with Crippen molar-refractivity contribution in [1.29, 1.82) is 0 Å². The molecule has 1 aromatic heterocycles. The minimum atomic E-state index is -4.01. The van der Waals surface area contributed by atoms with Crippen molar-refractivity contribution in [1.82, 2.24) is 9.21 Å². The molecule has 1 saturated heterocycles. The van der Waals surface area contributed by atoms with Crippen LogP contribution in [0.1, 0.15) is 23.3 Å². The van der Waals surface area contributed by atoms with Gasteiger partial charge < -0.3 is 19.1 Å². The standard InChI is InChI=1S/C30H30N2O6S2/c33-30(31(19-25-9-5-15-39-25)17-22-12-13-27-28(16-22)38-21-37-27)20-32(18-24-8-4-14-36-24)40(34,35)29-11-3-7-23-6-1-2-10-26(23)29/h1-3,5-7,9-13,15-16,24H,4,8,14,17-21H2. The van der Waals surface area contributed by atoms with Crippen LogP contribution < -0.4 is 9.47 Å². The van der Waals surface area contributed by atoms with Gasteiger partial charge in [0.05, 0.1) is 24.1 Å². The number of nitrogens with zero attached hydrogens (tertiary/aromatic N) is 2. The van der Waals surface area contributed by atoms with Crippen molar-refractivity contribution in [2.75, 3.05) is 26.5 Å². The Labute approximate surface area is 237 Å². The topological polar surface area (TPSA) is 85.4 Å². The van der Waals surface area contributed by atoms with Gasteiger partial charge in [-0.05, 0) is 53.4 Å². The Morgan fingerprint density at radius 3 is 2.62 bits per heavy atom. The third-order valence-electron chi connectivity index (χ3n) is 7.20. The van der Waals surface area contributed by atoms with Crippen molar-refractivity contribution < 1.29 is 27.4 Å². The van der Waals surface area contributed by atoms with Crippen molar-refractivity contribution in [3.8, 4) is 11.5 Å². The molecule has 8 nitrogen and oxygen atoms in total. The molecule has 2 aliphatic heterocycles. The van der Waals surface area contributed by atoms with Gasteiger partial charge in [0.25, 0.3) is 0 Å². The summed E-state index contributed by atoms with van der Waals surface area (Å²) in [6.07, 6.45) is 1.37. The molecule has 3 aromatic carbocycles. The smallest absolute Gasteiger partial charge is 0.244 e. The van der Waals surface area contributed by atoms with Crippen LogP contribution in [0.2, 0.25) is 0 Å². The van der Waals surface area contributed by atoms with Crippen molar-refractivity contribution in [3.05, 3.63) is 88.6 Å². The number of thiophene rings is 1. The molecule has 10 heteroatoms. The summed E-state index contributed by atoms with van der Waals surface area (Å²) in [5.74, 6) is 1.02. The maximum absolute atomic E-state index is 14.2. The van der Waals surface area contributed by atoms with Gasteiger partial charge in [-0.1, -0.05) is 48.5 Å². The summed E-state index contributed by atoms with van der Waals surface area (Å²) in [4.78, 5) is 16.9. The van der Waals surface area contributed by atoms with Gasteiger partial charge in [0.2, 0.25) is 22.7 Å². The Balaban J connectivity index is 1.31. The zero-order chi connectivity index (χ0) is 27.5. The molecule has 0 saturated carbocycles. The highest BCUT2D eigenvalue weighted by Gasteiger charge is 2.33. The van der Waals surface area contributed by atoms with Gasteiger partial charge in [-0.15, -0.1) is 11.3 Å². The third kappa shape index (κ3) is 5.71. The fourth-order valence-electron chi connectivity index (χ4n) is 5.16. The second kappa shape index (κ2) is 11.6. The van der Waals surface area contributed by atoms with E-state index in [9.17, 15) is 13.2 Å². The van der Waals surface area contributed by atoms with E-state index in [1.165, 1.54) is 4.31 Å². The van der Waals surface area contributed by atoms with Gasteiger partial charge >= 0.3 is 0 Å². The number of fused-ring (bicyclic) bond motifs is 2. The molecule has 208 valence electrons. The molecule has 0 N–H and O–H groups in total. The molecule has 1 unspecified atom stereocenters. The first-order chi connectivity index (χ1) is 19.5. The Kier molecular flexibility index (Phi) is 7.75. The molecule has 1 atom stereocenters. The van der Waals surface area contributed by atoms with E-state index in [0.29, 0.717) is 36.6 Å². The normalized spacial score (nSPS) is 16.6. The lowest BCUT2D eigenvalue weighted by Gasteiger charge is -2.29. The van der Waals surface area contributed by atoms with Gasteiger partial charge in [-0.2, -0.15) is 4.31 Å². The predicted molar refractivity (Wildman–Crippen MR) is 153 cm³/mol. The van der Waals surface area contributed by atoms with E-state index in [4.69, 9.17) is 14.2 Å². The fourth-order valence-corrected chi connectivity index (χ4v) is 7.51. The zero-order valence-corrected chi connectivity index (χ0v) is 23.5. The van der Waals surface area contributed by atoms with Gasteiger partial charge in [-0.25, -0.2) is 8.42 Å². The summed E-state index contributed by atoms with van der Waals surface area (Å²) in [5.41, 5.74) is 0.872. The minimum Gasteiger partial charge on any atom is -0.454 e. The summed E-state index contributed by atoms with van der Waals surface area (Å²) in [6, 6.07) is 22.2. The summed E-state index contributed by atoms with van der Waals surface area (Å²) >= 11 is 1.56. The van der Waals surface area contributed by atoms with Crippen molar-refractivity contribution in [2.24, 2.45) is 0 Å². The molecule has 1 amide bonds. The highest BCUT2D eigenvalue weighted by atomic mass is 32.2. The molecule has 2 aliphatic rings. The molecule has 0 aliphatic carbocycles. The lowest BCUT2D eigenvalue weighted by Crippen LogP contribution is -2.45.